The highest BCUT2D eigenvalue weighted by molar-refractivity contribution is 6.21. The summed E-state index contributed by atoms with van der Waals surface area (Å²) in [5, 5.41) is 0. The van der Waals surface area contributed by atoms with Gasteiger partial charge in [0.05, 0.1) is 17.3 Å². The number of hydrogen-bond acceptors (Lipinski definition) is 1. The lowest BCUT2D eigenvalue weighted by atomic mass is 9.81. The van der Waals surface area contributed by atoms with E-state index in [2.05, 4.69) is 122 Å². The normalized spacial score (nSPS) is 15.7. The standard InChI is InChI=1S/C31H27N/c1-2-12-23-19-21-27(22-20-23)31-29(25-15-8-4-9-16-25)28(24-13-6-3-7-14-24)30(32-31)26-17-10-5-11-18-26/h3-11,13-22,29H,2,12H2,1H3. The molecule has 0 spiro atoms. The molecule has 0 amide bonds. The monoisotopic (exact) mass is 413 g/mol. The van der Waals surface area contributed by atoms with Gasteiger partial charge in [0, 0.05) is 5.56 Å². The molecule has 0 fully saturated rings. The quantitative estimate of drug-likeness (QED) is 0.306. The maximum Gasteiger partial charge on any atom is 0.0754 e. The summed E-state index contributed by atoms with van der Waals surface area (Å²) in [6.07, 6.45) is 2.27. The molecule has 0 N–H and O–H groups in total. The van der Waals surface area contributed by atoms with Gasteiger partial charge in [0.15, 0.2) is 0 Å². The summed E-state index contributed by atoms with van der Waals surface area (Å²) in [6, 6.07) is 41.1. The lowest BCUT2D eigenvalue weighted by molar-refractivity contribution is 0.922. The second-order valence-electron chi connectivity index (χ2n) is 8.28. The van der Waals surface area contributed by atoms with Crippen LogP contribution in [0.3, 0.4) is 0 Å². The zero-order valence-electron chi connectivity index (χ0n) is 18.4. The molecule has 156 valence electrons. The lowest BCUT2D eigenvalue weighted by Gasteiger charge is -2.20. The van der Waals surface area contributed by atoms with Crippen LogP contribution in [0.15, 0.2) is 120 Å². The summed E-state index contributed by atoms with van der Waals surface area (Å²) in [5.41, 5.74) is 9.69. The molecule has 0 saturated heterocycles. The molecule has 1 atom stereocenters. The number of nitrogens with zero attached hydrogens (tertiary/aromatic N) is 1. The highest BCUT2D eigenvalue weighted by Gasteiger charge is 2.33. The van der Waals surface area contributed by atoms with Gasteiger partial charge in [-0.1, -0.05) is 129 Å². The zero-order chi connectivity index (χ0) is 21.8. The number of benzene rings is 4. The lowest BCUT2D eigenvalue weighted by Crippen LogP contribution is -2.12. The van der Waals surface area contributed by atoms with E-state index in [4.69, 9.17) is 4.99 Å². The smallest absolute Gasteiger partial charge is 0.0754 e. The highest BCUT2D eigenvalue weighted by Crippen LogP contribution is 2.46. The van der Waals surface area contributed by atoms with E-state index < -0.39 is 0 Å². The average molecular weight is 414 g/mol. The molecule has 0 bridgehead atoms. The van der Waals surface area contributed by atoms with Crippen LogP contribution >= 0.6 is 0 Å². The molecule has 0 saturated carbocycles. The van der Waals surface area contributed by atoms with Crippen molar-refractivity contribution in [1.29, 1.82) is 0 Å². The van der Waals surface area contributed by atoms with Crippen LogP contribution in [0.25, 0.3) is 11.3 Å². The van der Waals surface area contributed by atoms with Gasteiger partial charge in [-0.3, -0.25) is 4.99 Å². The molecule has 1 heteroatoms. The Labute approximate surface area is 190 Å². The van der Waals surface area contributed by atoms with Crippen LogP contribution in [0.2, 0.25) is 0 Å². The molecule has 1 aliphatic rings. The Kier molecular flexibility index (Phi) is 5.81. The predicted octanol–water partition coefficient (Wildman–Crippen LogP) is 7.79. The van der Waals surface area contributed by atoms with Crippen molar-refractivity contribution in [3.8, 4) is 0 Å². The fourth-order valence-electron chi connectivity index (χ4n) is 4.59. The first-order valence-corrected chi connectivity index (χ1v) is 11.4. The van der Waals surface area contributed by atoms with Crippen LogP contribution in [0.4, 0.5) is 0 Å². The second-order valence-corrected chi connectivity index (χ2v) is 8.28. The number of hydrogen-bond donors (Lipinski definition) is 0. The first-order chi connectivity index (χ1) is 15.8. The summed E-state index contributed by atoms with van der Waals surface area (Å²) in [5.74, 6) is 0.0887. The van der Waals surface area contributed by atoms with Crippen molar-refractivity contribution in [2.45, 2.75) is 25.7 Å². The minimum atomic E-state index is 0.0887. The van der Waals surface area contributed by atoms with Gasteiger partial charge < -0.3 is 0 Å². The maximum absolute atomic E-state index is 5.32. The van der Waals surface area contributed by atoms with Crippen LogP contribution in [-0.4, -0.2) is 5.71 Å². The number of rotatable bonds is 6. The first kappa shape index (κ1) is 20.2. The van der Waals surface area contributed by atoms with E-state index in [0.717, 1.165) is 29.8 Å². The van der Waals surface area contributed by atoms with Crippen molar-refractivity contribution in [1.82, 2.24) is 0 Å². The van der Waals surface area contributed by atoms with Crippen LogP contribution in [-0.2, 0) is 6.42 Å². The van der Waals surface area contributed by atoms with Crippen molar-refractivity contribution in [2.24, 2.45) is 4.99 Å². The van der Waals surface area contributed by atoms with Crippen molar-refractivity contribution in [3.05, 3.63) is 143 Å². The summed E-state index contributed by atoms with van der Waals surface area (Å²) in [4.78, 5) is 5.32. The number of aliphatic imine (C=N–C) groups is 1. The molecule has 0 aliphatic carbocycles. The summed E-state index contributed by atoms with van der Waals surface area (Å²) in [7, 11) is 0. The topological polar surface area (TPSA) is 12.4 Å². The third-order valence-corrected chi connectivity index (χ3v) is 6.10. The Balaban J connectivity index is 1.72. The first-order valence-electron chi connectivity index (χ1n) is 11.4. The second kappa shape index (κ2) is 9.20. The van der Waals surface area contributed by atoms with Crippen molar-refractivity contribution >= 4 is 17.0 Å². The third kappa shape index (κ3) is 3.94. The Morgan fingerprint density at radius 3 is 1.75 bits per heavy atom. The van der Waals surface area contributed by atoms with Gasteiger partial charge in [0.25, 0.3) is 0 Å². The van der Waals surface area contributed by atoms with Crippen LogP contribution in [0, 0.1) is 0 Å². The average Bonchev–Trinajstić information content (AvgIpc) is 3.27. The molecule has 0 radical (unpaired) electrons. The van der Waals surface area contributed by atoms with E-state index in [1.54, 1.807) is 0 Å². The van der Waals surface area contributed by atoms with Gasteiger partial charge in [0.2, 0.25) is 0 Å². The van der Waals surface area contributed by atoms with Gasteiger partial charge in [0.1, 0.15) is 0 Å². The van der Waals surface area contributed by atoms with Gasteiger partial charge in [-0.15, -0.1) is 0 Å². The van der Waals surface area contributed by atoms with Gasteiger partial charge >= 0.3 is 0 Å². The highest BCUT2D eigenvalue weighted by atomic mass is 14.8. The Hall–Kier alpha value is -3.71. The molecule has 1 unspecified atom stereocenters. The Morgan fingerprint density at radius 2 is 1.16 bits per heavy atom. The largest absolute Gasteiger partial charge is 0.251 e. The fourth-order valence-corrected chi connectivity index (χ4v) is 4.59. The molecule has 4 aromatic carbocycles. The minimum absolute atomic E-state index is 0.0887. The third-order valence-electron chi connectivity index (χ3n) is 6.10. The molecule has 1 nitrogen and oxygen atoms in total. The van der Waals surface area contributed by atoms with Crippen LogP contribution < -0.4 is 0 Å². The van der Waals surface area contributed by atoms with Gasteiger partial charge in [-0.05, 0) is 34.2 Å². The van der Waals surface area contributed by atoms with Gasteiger partial charge in [-0.2, -0.15) is 0 Å². The molecular formula is C31H27N. The fraction of sp³-hybridized carbons (Fsp3) is 0.129. The van der Waals surface area contributed by atoms with E-state index in [1.165, 1.54) is 27.8 Å². The molecule has 5 rings (SSSR count). The summed E-state index contributed by atoms with van der Waals surface area (Å²) in [6.45, 7) is 2.22. The maximum atomic E-state index is 5.32. The van der Waals surface area contributed by atoms with E-state index in [0.29, 0.717) is 0 Å². The molecule has 1 aliphatic heterocycles. The van der Waals surface area contributed by atoms with Crippen LogP contribution in [0.1, 0.15) is 47.1 Å². The molecule has 0 aromatic heterocycles. The summed E-state index contributed by atoms with van der Waals surface area (Å²) < 4.78 is 0. The molecule has 4 aromatic rings. The number of aryl methyl sites for hydroxylation is 1. The number of allylic oxidation sites excluding steroid dienone is 1. The Bertz CT molecular complexity index is 1230. The van der Waals surface area contributed by atoms with E-state index >= 15 is 0 Å². The van der Waals surface area contributed by atoms with Crippen LogP contribution in [0.5, 0.6) is 0 Å². The summed E-state index contributed by atoms with van der Waals surface area (Å²) >= 11 is 0. The van der Waals surface area contributed by atoms with Crippen molar-refractivity contribution < 1.29 is 0 Å². The zero-order valence-corrected chi connectivity index (χ0v) is 18.4. The SMILES string of the molecule is CCCc1ccc(C2=NC(c3ccccc3)=C(c3ccccc3)C2c2ccccc2)cc1. The van der Waals surface area contributed by atoms with E-state index in [-0.39, 0.29) is 5.92 Å². The molecule has 1 heterocycles. The van der Waals surface area contributed by atoms with Crippen molar-refractivity contribution in [2.75, 3.05) is 0 Å². The Morgan fingerprint density at radius 1 is 0.594 bits per heavy atom. The predicted molar refractivity (Wildman–Crippen MR) is 136 cm³/mol. The van der Waals surface area contributed by atoms with E-state index in [1.807, 2.05) is 0 Å². The molecular weight excluding hydrogens is 386 g/mol. The van der Waals surface area contributed by atoms with E-state index in [9.17, 15) is 0 Å². The molecule has 32 heavy (non-hydrogen) atoms. The van der Waals surface area contributed by atoms with Crippen molar-refractivity contribution in [3.63, 3.8) is 0 Å². The minimum Gasteiger partial charge on any atom is -0.251 e. The van der Waals surface area contributed by atoms with Gasteiger partial charge in [-0.25, -0.2) is 0 Å².